The molecule has 0 amide bonds. The number of rotatable bonds is 9. The third-order valence-electron chi connectivity index (χ3n) is 2.49. The maximum atomic E-state index is 10.4. The molecule has 0 aromatic heterocycles. The quantitative estimate of drug-likeness (QED) is 0.541. The molecule has 110 valence electrons. The summed E-state index contributed by atoms with van der Waals surface area (Å²) < 4.78 is 5.60. The van der Waals surface area contributed by atoms with Gasteiger partial charge in [0, 0.05) is 18.4 Å². The number of aliphatic hydroxyl groups is 1. The normalized spacial score (nSPS) is 12.5. The minimum absolute atomic E-state index is 0.214. The average Bonchev–Trinajstić information content (AvgIpc) is 2.45. The van der Waals surface area contributed by atoms with Crippen molar-refractivity contribution in [3.05, 3.63) is 35.9 Å². The highest BCUT2D eigenvalue weighted by atomic mass is 32.2. The van der Waals surface area contributed by atoms with Crippen molar-refractivity contribution in [3.8, 4) is 5.75 Å². The minimum atomic E-state index is -0.967. The molecule has 0 saturated heterocycles. The molecule has 1 unspecified atom stereocenters. The van der Waals surface area contributed by atoms with Gasteiger partial charge < -0.3 is 14.9 Å². The van der Waals surface area contributed by atoms with Gasteiger partial charge in [-0.05, 0) is 35.4 Å². The summed E-state index contributed by atoms with van der Waals surface area (Å²) in [5.41, 5.74) is 0.798. The molecule has 1 aromatic rings. The van der Waals surface area contributed by atoms with Gasteiger partial charge in [-0.15, -0.1) is 0 Å². The summed E-state index contributed by atoms with van der Waals surface area (Å²) in [6, 6.07) is 7.31. The van der Waals surface area contributed by atoms with Crippen molar-refractivity contribution in [2.45, 2.75) is 6.92 Å². The number of aliphatic hydroxyl groups excluding tert-OH is 1. The van der Waals surface area contributed by atoms with E-state index >= 15 is 0 Å². The second-order valence-electron chi connectivity index (χ2n) is 4.46. The molecule has 0 spiro atoms. The van der Waals surface area contributed by atoms with Crippen LogP contribution in [0.4, 0.5) is 0 Å². The van der Waals surface area contributed by atoms with Crippen LogP contribution in [0, 0.1) is 5.92 Å². The third-order valence-corrected chi connectivity index (χ3v) is 3.75. The highest BCUT2D eigenvalue weighted by Gasteiger charge is 2.00. The maximum absolute atomic E-state index is 10.4. The topological polar surface area (TPSA) is 66.8 Å². The van der Waals surface area contributed by atoms with Gasteiger partial charge >= 0.3 is 5.97 Å². The van der Waals surface area contributed by atoms with E-state index in [4.69, 9.17) is 14.9 Å². The molecule has 4 nitrogen and oxygen atoms in total. The molecule has 0 heterocycles. The van der Waals surface area contributed by atoms with Gasteiger partial charge in [-0.2, -0.15) is 11.8 Å². The monoisotopic (exact) mass is 296 g/mol. The van der Waals surface area contributed by atoms with Crippen LogP contribution in [0.3, 0.4) is 0 Å². The van der Waals surface area contributed by atoms with Crippen LogP contribution in [0.25, 0.3) is 6.08 Å². The fourth-order valence-corrected chi connectivity index (χ4v) is 2.31. The second-order valence-corrected chi connectivity index (χ2v) is 5.61. The summed E-state index contributed by atoms with van der Waals surface area (Å²) in [6.07, 6.45) is 2.64. The molecule has 0 aliphatic rings. The van der Waals surface area contributed by atoms with Gasteiger partial charge in [0.15, 0.2) is 0 Å². The van der Waals surface area contributed by atoms with Crippen LogP contribution in [0.1, 0.15) is 12.5 Å². The van der Waals surface area contributed by atoms with Gasteiger partial charge in [-0.1, -0.05) is 19.1 Å². The minimum Gasteiger partial charge on any atom is -0.493 e. The lowest BCUT2D eigenvalue weighted by molar-refractivity contribution is -0.131. The third kappa shape index (κ3) is 7.21. The number of benzene rings is 1. The first kappa shape index (κ1) is 16.6. The van der Waals surface area contributed by atoms with Crippen molar-refractivity contribution in [2.75, 3.05) is 24.7 Å². The molecule has 20 heavy (non-hydrogen) atoms. The van der Waals surface area contributed by atoms with Crippen molar-refractivity contribution >= 4 is 23.8 Å². The van der Waals surface area contributed by atoms with Crippen LogP contribution in [0.5, 0.6) is 5.75 Å². The molecule has 0 fully saturated rings. The van der Waals surface area contributed by atoms with E-state index in [0.717, 1.165) is 28.9 Å². The Morgan fingerprint density at radius 2 is 2.30 bits per heavy atom. The fraction of sp³-hybridized carbons (Fsp3) is 0.400. The standard InChI is InChI=1S/C15H20O4S/c1-12(10-16)11-20-8-7-19-14-4-2-3-13(9-14)5-6-15(17)18/h2-6,9,12,16H,7-8,10-11H2,1H3,(H,17,18). The zero-order valence-corrected chi connectivity index (χ0v) is 12.3. The number of carboxylic acid groups (broad SMARTS) is 1. The predicted molar refractivity (Wildman–Crippen MR) is 82.2 cm³/mol. The zero-order valence-electron chi connectivity index (χ0n) is 11.5. The molecular formula is C15H20O4S. The Morgan fingerprint density at radius 3 is 3.00 bits per heavy atom. The van der Waals surface area contributed by atoms with Crippen LogP contribution in [-0.4, -0.2) is 40.9 Å². The molecule has 0 bridgehead atoms. The smallest absolute Gasteiger partial charge is 0.328 e. The molecule has 1 rings (SSSR count). The van der Waals surface area contributed by atoms with Crippen molar-refractivity contribution < 1.29 is 19.7 Å². The van der Waals surface area contributed by atoms with Crippen molar-refractivity contribution in [3.63, 3.8) is 0 Å². The number of carbonyl (C=O) groups is 1. The molecule has 1 atom stereocenters. The average molecular weight is 296 g/mol. The largest absolute Gasteiger partial charge is 0.493 e. The summed E-state index contributed by atoms with van der Waals surface area (Å²) in [5.74, 6) is 1.85. The first-order chi connectivity index (χ1) is 9.61. The summed E-state index contributed by atoms with van der Waals surface area (Å²) in [6.45, 7) is 2.81. The van der Waals surface area contributed by atoms with Crippen LogP contribution >= 0.6 is 11.8 Å². The number of ether oxygens (including phenoxy) is 1. The lowest BCUT2D eigenvalue weighted by atomic mass is 10.2. The Morgan fingerprint density at radius 1 is 1.50 bits per heavy atom. The molecule has 1 aromatic carbocycles. The highest BCUT2D eigenvalue weighted by Crippen LogP contribution is 2.15. The van der Waals surface area contributed by atoms with Crippen LogP contribution < -0.4 is 4.74 Å². The van der Waals surface area contributed by atoms with Crippen molar-refractivity contribution in [1.29, 1.82) is 0 Å². The Labute approximate surface area is 123 Å². The lowest BCUT2D eigenvalue weighted by Crippen LogP contribution is -2.06. The summed E-state index contributed by atoms with van der Waals surface area (Å²) >= 11 is 1.75. The summed E-state index contributed by atoms with van der Waals surface area (Å²) in [4.78, 5) is 10.4. The summed E-state index contributed by atoms with van der Waals surface area (Å²) in [5, 5.41) is 17.5. The van der Waals surface area contributed by atoms with E-state index in [9.17, 15) is 4.79 Å². The first-order valence-electron chi connectivity index (χ1n) is 6.44. The van der Waals surface area contributed by atoms with Gasteiger partial charge in [-0.3, -0.25) is 0 Å². The van der Waals surface area contributed by atoms with E-state index in [0.29, 0.717) is 12.5 Å². The molecular weight excluding hydrogens is 276 g/mol. The van der Waals surface area contributed by atoms with E-state index in [-0.39, 0.29) is 6.61 Å². The number of thioether (sulfide) groups is 1. The van der Waals surface area contributed by atoms with Gasteiger partial charge in [0.25, 0.3) is 0 Å². The van der Waals surface area contributed by atoms with Crippen LogP contribution in [-0.2, 0) is 4.79 Å². The number of aliphatic carboxylic acids is 1. The maximum Gasteiger partial charge on any atom is 0.328 e. The Kier molecular flexibility index (Phi) is 7.84. The molecule has 0 radical (unpaired) electrons. The van der Waals surface area contributed by atoms with Crippen LogP contribution in [0.15, 0.2) is 30.3 Å². The molecule has 0 aliphatic heterocycles. The van der Waals surface area contributed by atoms with Crippen molar-refractivity contribution in [2.24, 2.45) is 5.92 Å². The summed E-state index contributed by atoms with van der Waals surface area (Å²) in [7, 11) is 0. The van der Waals surface area contributed by atoms with Crippen LogP contribution in [0.2, 0.25) is 0 Å². The Balaban J connectivity index is 2.33. The SMILES string of the molecule is CC(CO)CSCCOc1cccc(C=CC(=O)O)c1. The van der Waals surface area contributed by atoms with Gasteiger partial charge in [0.2, 0.25) is 0 Å². The molecule has 5 heteroatoms. The number of carboxylic acids is 1. The molecule has 0 saturated carbocycles. The number of hydrogen-bond donors (Lipinski definition) is 2. The predicted octanol–water partition coefficient (Wildman–Crippen LogP) is 2.52. The number of hydrogen-bond acceptors (Lipinski definition) is 4. The van der Waals surface area contributed by atoms with E-state index in [1.165, 1.54) is 6.08 Å². The zero-order chi connectivity index (χ0) is 14.8. The van der Waals surface area contributed by atoms with E-state index in [2.05, 4.69) is 0 Å². The fourth-order valence-electron chi connectivity index (χ4n) is 1.43. The second kappa shape index (κ2) is 9.44. The van der Waals surface area contributed by atoms with Gasteiger partial charge in [-0.25, -0.2) is 4.79 Å². The van der Waals surface area contributed by atoms with Crippen molar-refractivity contribution in [1.82, 2.24) is 0 Å². The Hall–Kier alpha value is -1.46. The highest BCUT2D eigenvalue weighted by molar-refractivity contribution is 7.99. The molecule has 0 aliphatic carbocycles. The van der Waals surface area contributed by atoms with E-state index in [1.54, 1.807) is 17.8 Å². The Bertz CT molecular complexity index is 445. The lowest BCUT2D eigenvalue weighted by Gasteiger charge is -2.09. The van der Waals surface area contributed by atoms with Gasteiger partial charge in [0.05, 0.1) is 6.61 Å². The van der Waals surface area contributed by atoms with Gasteiger partial charge in [0.1, 0.15) is 5.75 Å². The molecule has 2 N–H and O–H groups in total. The first-order valence-corrected chi connectivity index (χ1v) is 7.59. The van der Waals surface area contributed by atoms with E-state index < -0.39 is 5.97 Å². The van der Waals surface area contributed by atoms with E-state index in [1.807, 2.05) is 25.1 Å².